The lowest BCUT2D eigenvalue weighted by molar-refractivity contribution is -0.142. The minimum Gasteiger partial charge on any atom is -0.480 e. The van der Waals surface area contributed by atoms with Gasteiger partial charge in [0.15, 0.2) is 0 Å². The summed E-state index contributed by atoms with van der Waals surface area (Å²) in [7, 11) is 0. The van der Waals surface area contributed by atoms with Crippen LogP contribution < -0.4 is 26.6 Å². The fraction of sp³-hybridized carbons (Fsp3) is 0.812. The molecule has 0 aromatic heterocycles. The molecular formula is C32H59N5O8S. The van der Waals surface area contributed by atoms with Crippen LogP contribution in [0.25, 0.3) is 0 Å². The second-order valence-corrected chi connectivity index (χ2v) is 14.1. The molecule has 0 saturated carbocycles. The monoisotopic (exact) mass is 673 g/mol. The molecule has 0 rings (SSSR count). The van der Waals surface area contributed by atoms with E-state index in [1.54, 1.807) is 6.92 Å². The largest absolute Gasteiger partial charge is 0.480 e. The highest BCUT2D eigenvalue weighted by Crippen LogP contribution is 2.23. The fourth-order valence-electron chi connectivity index (χ4n) is 4.27. The maximum atomic E-state index is 12.9. The predicted octanol–water partition coefficient (Wildman–Crippen LogP) is 2.37. The highest BCUT2D eigenvalue weighted by molar-refractivity contribution is 7.98. The standard InChI is InChI=1S/C32H59N5O8S/c1-8-10-14-26(39)33-16-12-11-13-24(30(43)44)37-28(41)19-34-29(42)23(15-17-46-7)36-27(40)18-31(3,4)21-45-22-32(5,6)20-35-25(38)9-2/h23-24H,8-22H2,1-7H3,(H,33,39)(H,34,42)(H,35,38)(H,36,40)(H,37,41)(H,43,44). The number of carboxylic acid groups (broad SMARTS) is 1. The molecular weight excluding hydrogens is 614 g/mol. The average Bonchev–Trinajstić information content (AvgIpc) is 2.98. The summed E-state index contributed by atoms with van der Waals surface area (Å²) < 4.78 is 5.90. The number of carboxylic acids is 1. The second kappa shape index (κ2) is 23.4. The van der Waals surface area contributed by atoms with Crippen molar-refractivity contribution in [2.45, 2.75) is 111 Å². The molecule has 2 unspecified atom stereocenters. The number of hydrogen-bond acceptors (Lipinski definition) is 8. The van der Waals surface area contributed by atoms with Crippen LogP contribution in [0.4, 0.5) is 0 Å². The Morgan fingerprint density at radius 3 is 2.02 bits per heavy atom. The first-order valence-electron chi connectivity index (χ1n) is 16.2. The maximum Gasteiger partial charge on any atom is 0.326 e. The fourth-order valence-corrected chi connectivity index (χ4v) is 4.74. The molecule has 13 nitrogen and oxygen atoms in total. The van der Waals surface area contributed by atoms with Crippen LogP contribution in [0.1, 0.15) is 99.3 Å². The highest BCUT2D eigenvalue weighted by atomic mass is 32.2. The molecule has 0 aromatic rings. The van der Waals surface area contributed by atoms with Gasteiger partial charge in [-0.3, -0.25) is 24.0 Å². The van der Waals surface area contributed by atoms with Gasteiger partial charge in [0, 0.05) is 37.8 Å². The Balaban J connectivity index is 4.79. The van der Waals surface area contributed by atoms with E-state index in [0.717, 1.165) is 12.8 Å². The number of thioether (sulfide) groups is 1. The first-order chi connectivity index (χ1) is 21.6. The molecule has 0 fully saturated rings. The van der Waals surface area contributed by atoms with Gasteiger partial charge in [0.05, 0.1) is 19.8 Å². The number of ether oxygens (including phenoxy) is 1. The van der Waals surface area contributed by atoms with Gasteiger partial charge in [-0.15, -0.1) is 0 Å². The minimum absolute atomic E-state index is 0.0252. The third-order valence-electron chi connectivity index (χ3n) is 7.03. The van der Waals surface area contributed by atoms with Crippen LogP contribution in [0, 0.1) is 10.8 Å². The third-order valence-corrected chi connectivity index (χ3v) is 7.67. The number of carbonyl (C=O) groups excluding carboxylic acids is 5. The Kier molecular flexibility index (Phi) is 22.0. The van der Waals surface area contributed by atoms with E-state index in [2.05, 4.69) is 26.6 Å². The molecule has 0 aliphatic heterocycles. The Morgan fingerprint density at radius 1 is 0.761 bits per heavy atom. The summed E-state index contributed by atoms with van der Waals surface area (Å²) in [5.74, 6) is -2.16. The minimum atomic E-state index is -1.19. The van der Waals surface area contributed by atoms with Crippen molar-refractivity contribution in [2.24, 2.45) is 10.8 Å². The first kappa shape index (κ1) is 43.1. The van der Waals surface area contributed by atoms with Crippen LogP contribution in [-0.4, -0.2) is 97.6 Å². The Morgan fingerprint density at radius 2 is 1.41 bits per heavy atom. The lowest BCUT2D eigenvalue weighted by atomic mass is 9.89. The van der Waals surface area contributed by atoms with Crippen LogP contribution >= 0.6 is 11.8 Å². The molecule has 2 atom stereocenters. The van der Waals surface area contributed by atoms with E-state index >= 15 is 0 Å². The first-order valence-corrected chi connectivity index (χ1v) is 17.6. The van der Waals surface area contributed by atoms with Crippen molar-refractivity contribution < 1.29 is 38.6 Å². The van der Waals surface area contributed by atoms with Gasteiger partial charge in [0.25, 0.3) is 0 Å². The van der Waals surface area contributed by atoms with Crippen molar-refractivity contribution in [2.75, 3.05) is 44.9 Å². The Bertz CT molecular complexity index is 976. The molecule has 0 aliphatic carbocycles. The van der Waals surface area contributed by atoms with Crippen molar-refractivity contribution in [1.82, 2.24) is 26.6 Å². The summed E-state index contributed by atoms with van der Waals surface area (Å²) >= 11 is 1.51. The quantitative estimate of drug-likeness (QED) is 0.0748. The molecule has 0 radical (unpaired) electrons. The van der Waals surface area contributed by atoms with Crippen molar-refractivity contribution in [1.29, 1.82) is 0 Å². The van der Waals surface area contributed by atoms with E-state index in [1.165, 1.54) is 11.8 Å². The van der Waals surface area contributed by atoms with Crippen LogP contribution in [-0.2, 0) is 33.5 Å². The van der Waals surface area contributed by atoms with Gasteiger partial charge in [-0.2, -0.15) is 11.8 Å². The molecule has 46 heavy (non-hydrogen) atoms. The molecule has 0 saturated heterocycles. The van der Waals surface area contributed by atoms with Crippen LogP contribution in [0.2, 0.25) is 0 Å². The molecule has 0 spiro atoms. The van der Waals surface area contributed by atoms with E-state index in [0.29, 0.717) is 64.2 Å². The van der Waals surface area contributed by atoms with Crippen LogP contribution in [0.3, 0.4) is 0 Å². The normalized spacial score (nSPS) is 12.8. The molecule has 0 aromatic carbocycles. The SMILES string of the molecule is CCCCC(=O)NCCCCC(NC(=O)CNC(=O)C(CCSC)NC(=O)CC(C)(C)COCC(C)(C)CNC(=O)CC)C(=O)O. The Labute approximate surface area is 279 Å². The van der Waals surface area contributed by atoms with Gasteiger partial charge in [0.1, 0.15) is 12.1 Å². The summed E-state index contributed by atoms with van der Waals surface area (Å²) in [5.41, 5.74) is -0.812. The predicted molar refractivity (Wildman–Crippen MR) is 180 cm³/mol. The van der Waals surface area contributed by atoms with Crippen molar-refractivity contribution in [3.63, 3.8) is 0 Å². The number of hydrogen-bond donors (Lipinski definition) is 6. The van der Waals surface area contributed by atoms with E-state index < -0.39 is 41.8 Å². The molecule has 5 amide bonds. The second-order valence-electron chi connectivity index (χ2n) is 13.2. The van der Waals surface area contributed by atoms with Crippen molar-refractivity contribution >= 4 is 47.3 Å². The maximum absolute atomic E-state index is 12.9. The number of aliphatic carboxylic acids is 1. The summed E-state index contributed by atoms with van der Waals surface area (Å²) in [6.45, 7) is 12.7. The van der Waals surface area contributed by atoms with Gasteiger partial charge in [-0.1, -0.05) is 48.0 Å². The number of nitrogens with one attached hydrogen (secondary N) is 5. The number of rotatable bonds is 26. The molecule has 14 heteroatoms. The van der Waals surface area contributed by atoms with Crippen molar-refractivity contribution in [3.8, 4) is 0 Å². The van der Waals surface area contributed by atoms with Gasteiger partial charge in [-0.05, 0) is 49.5 Å². The van der Waals surface area contributed by atoms with Crippen LogP contribution in [0.5, 0.6) is 0 Å². The van der Waals surface area contributed by atoms with Crippen LogP contribution in [0.15, 0.2) is 0 Å². The summed E-state index contributed by atoms with van der Waals surface area (Å²) in [5, 5.41) is 22.9. The van der Waals surface area contributed by atoms with Gasteiger partial charge >= 0.3 is 5.97 Å². The topological polar surface area (TPSA) is 192 Å². The molecule has 6 N–H and O–H groups in total. The van der Waals surface area contributed by atoms with Gasteiger partial charge in [-0.25, -0.2) is 4.79 Å². The molecule has 266 valence electrons. The zero-order chi connectivity index (χ0) is 35.2. The highest BCUT2D eigenvalue weighted by Gasteiger charge is 2.28. The lowest BCUT2D eigenvalue weighted by Gasteiger charge is -2.29. The summed E-state index contributed by atoms with van der Waals surface area (Å²) in [6.07, 6.45) is 6.19. The number of amides is 5. The summed E-state index contributed by atoms with van der Waals surface area (Å²) in [6, 6.07) is -1.99. The van der Waals surface area contributed by atoms with Gasteiger partial charge in [0.2, 0.25) is 29.5 Å². The zero-order valence-corrected chi connectivity index (χ0v) is 29.8. The number of carbonyl (C=O) groups is 6. The van der Waals surface area contributed by atoms with E-state index in [1.807, 2.05) is 40.9 Å². The molecule has 0 heterocycles. The smallest absolute Gasteiger partial charge is 0.326 e. The number of unbranched alkanes of at least 4 members (excludes halogenated alkanes) is 2. The molecule has 0 aliphatic rings. The van der Waals surface area contributed by atoms with Gasteiger partial charge < -0.3 is 36.4 Å². The van der Waals surface area contributed by atoms with E-state index in [9.17, 15) is 33.9 Å². The Hall–Kier alpha value is -2.87. The lowest BCUT2D eigenvalue weighted by Crippen LogP contribution is -2.51. The summed E-state index contributed by atoms with van der Waals surface area (Å²) in [4.78, 5) is 73.2. The zero-order valence-electron chi connectivity index (χ0n) is 29.0. The average molecular weight is 674 g/mol. The van der Waals surface area contributed by atoms with Crippen molar-refractivity contribution in [3.05, 3.63) is 0 Å². The molecule has 0 bridgehead atoms. The van der Waals surface area contributed by atoms with E-state index in [-0.39, 0.29) is 36.0 Å². The third kappa shape index (κ3) is 21.8. The van der Waals surface area contributed by atoms with E-state index in [4.69, 9.17) is 4.74 Å².